The second kappa shape index (κ2) is 9.74. The third kappa shape index (κ3) is 5.03. The molecule has 0 saturated heterocycles. The lowest BCUT2D eigenvalue weighted by Gasteiger charge is -2.26. The minimum absolute atomic E-state index is 0.0302. The summed E-state index contributed by atoms with van der Waals surface area (Å²) in [6.07, 6.45) is 5.76. The number of nitrogens with zero attached hydrogens (tertiary/aromatic N) is 3. The number of aliphatic hydroxyl groups is 1. The molecule has 0 radical (unpaired) electrons. The van der Waals surface area contributed by atoms with Crippen LogP contribution in [0, 0.1) is 5.92 Å². The van der Waals surface area contributed by atoms with Crippen molar-refractivity contribution < 1.29 is 14.6 Å². The van der Waals surface area contributed by atoms with E-state index in [1.165, 1.54) is 12.8 Å². The molecule has 1 aliphatic carbocycles. The fourth-order valence-corrected chi connectivity index (χ4v) is 3.49. The third-order valence-corrected chi connectivity index (χ3v) is 5.43. The van der Waals surface area contributed by atoms with E-state index in [-0.39, 0.29) is 6.61 Å². The smallest absolute Gasteiger partial charge is 0.124 e. The molecule has 1 aliphatic rings. The topological polar surface area (TPSA) is 106 Å². The molecule has 0 amide bonds. The van der Waals surface area contributed by atoms with Gasteiger partial charge in [-0.2, -0.15) is 0 Å². The molecule has 2 aromatic carbocycles. The molecule has 4 N–H and O–H groups in total. The first-order valence-electron chi connectivity index (χ1n) is 10.7. The second-order valence-corrected chi connectivity index (χ2v) is 7.83. The Balaban J connectivity index is 1.72. The Hall–Kier alpha value is -3.52. The van der Waals surface area contributed by atoms with Crippen LogP contribution < -0.4 is 25.4 Å². The van der Waals surface area contributed by atoms with Gasteiger partial charge in [-0.05, 0) is 37.0 Å². The van der Waals surface area contributed by atoms with E-state index in [1.54, 1.807) is 26.6 Å². The van der Waals surface area contributed by atoms with Crippen LogP contribution in [0.25, 0.3) is 16.7 Å². The Morgan fingerprint density at radius 1 is 1.12 bits per heavy atom. The first-order valence-corrected chi connectivity index (χ1v) is 10.7. The summed E-state index contributed by atoms with van der Waals surface area (Å²) in [6.45, 7) is 1.36. The van der Waals surface area contributed by atoms with Gasteiger partial charge in [-0.3, -0.25) is 4.98 Å². The molecule has 1 fully saturated rings. The van der Waals surface area contributed by atoms with Crippen LogP contribution in [-0.2, 0) is 0 Å². The lowest BCUT2D eigenvalue weighted by atomic mass is 10.1. The molecular formula is C24H29N5O3. The molecule has 0 unspecified atom stereocenters. The lowest BCUT2D eigenvalue weighted by molar-refractivity contribution is 0.298. The number of nitrogens with one attached hydrogen (secondary N) is 1. The molecule has 0 bridgehead atoms. The SMILES string of the molecule is COc1cc(OC)cc(N(CC2CC2)c2ccc3ncc(/C(N)=C/NCCO)nc3c2)c1. The number of nitrogens with two attached hydrogens (primary N) is 1. The summed E-state index contributed by atoms with van der Waals surface area (Å²) < 4.78 is 11.0. The quantitative estimate of drug-likeness (QED) is 0.417. The maximum Gasteiger partial charge on any atom is 0.124 e. The zero-order valence-electron chi connectivity index (χ0n) is 18.4. The number of benzene rings is 2. The standard InChI is InChI=1S/C24H29N5O3/c1-31-19-9-18(10-20(12-19)32-2)29(15-16-3-4-16)17-5-6-22-23(11-17)28-24(14-27-22)21(25)13-26-7-8-30/h5-6,9-14,16,26,30H,3-4,7-8,15,25H2,1-2H3/b21-13-. The Kier molecular flexibility index (Phi) is 6.61. The van der Waals surface area contributed by atoms with Gasteiger partial charge in [0, 0.05) is 48.9 Å². The average Bonchev–Trinajstić information content (AvgIpc) is 3.65. The van der Waals surface area contributed by atoms with Crippen LogP contribution in [0.15, 0.2) is 48.8 Å². The lowest BCUT2D eigenvalue weighted by Crippen LogP contribution is -2.20. The van der Waals surface area contributed by atoms with Crippen molar-refractivity contribution in [2.75, 3.05) is 38.8 Å². The minimum Gasteiger partial charge on any atom is -0.497 e. The minimum atomic E-state index is 0.0302. The fourth-order valence-electron chi connectivity index (χ4n) is 3.49. The van der Waals surface area contributed by atoms with E-state index in [0.717, 1.165) is 40.5 Å². The highest BCUT2D eigenvalue weighted by atomic mass is 16.5. The number of hydrogen-bond acceptors (Lipinski definition) is 8. The second-order valence-electron chi connectivity index (χ2n) is 7.83. The normalized spacial score (nSPS) is 13.8. The molecule has 32 heavy (non-hydrogen) atoms. The van der Waals surface area contributed by atoms with Crippen molar-refractivity contribution in [1.82, 2.24) is 15.3 Å². The number of hydrogen-bond donors (Lipinski definition) is 3. The van der Waals surface area contributed by atoms with Gasteiger partial charge in [-0.15, -0.1) is 0 Å². The summed E-state index contributed by atoms with van der Waals surface area (Å²) in [4.78, 5) is 11.5. The van der Waals surface area contributed by atoms with Gasteiger partial charge in [0.05, 0.1) is 43.8 Å². The number of fused-ring (bicyclic) bond motifs is 1. The Morgan fingerprint density at radius 2 is 1.88 bits per heavy atom. The summed E-state index contributed by atoms with van der Waals surface area (Å²) in [7, 11) is 3.31. The van der Waals surface area contributed by atoms with Gasteiger partial charge in [-0.25, -0.2) is 4.98 Å². The molecule has 1 aromatic heterocycles. The maximum atomic E-state index is 8.92. The summed E-state index contributed by atoms with van der Waals surface area (Å²) in [6, 6.07) is 12.0. The third-order valence-electron chi connectivity index (χ3n) is 5.43. The molecule has 8 heteroatoms. The predicted molar refractivity (Wildman–Crippen MR) is 126 cm³/mol. The van der Waals surface area contributed by atoms with Crippen LogP contribution in [0.2, 0.25) is 0 Å². The molecule has 1 saturated carbocycles. The van der Waals surface area contributed by atoms with Gasteiger partial charge >= 0.3 is 0 Å². The molecule has 4 rings (SSSR count). The van der Waals surface area contributed by atoms with Gasteiger partial charge in [-0.1, -0.05) is 0 Å². The van der Waals surface area contributed by atoms with Crippen molar-refractivity contribution in [3.05, 3.63) is 54.5 Å². The van der Waals surface area contributed by atoms with Crippen LogP contribution in [-0.4, -0.2) is 49.0 Å². The molecule has 0 atom stereocenters. The van der Waals surface area contributed by atoms with Gasteiger partial charge in [0.2, 0.25) is 0 Å². The highest BCUT2D eigenvalue weighted by Gasteiger charge is 2.26. The summed E-state index contributed by atoms with van der Waals surface area (Å²) in [5.74, 6) is 2.16. The molecule has 8 nitrogen and oxygen atoms in total. The first-order chi connectivity index (χ1) is 15.6. The zero-order chi connectivity index (χ0) is 22.5. The van der Waals surface area contributed by atoms with Gasteiger partial charge in [0.15, 0.2) is 0 Å². The molecule has 168 valence electrons. The molecular weight excluding hydrogens is 406 g/mol. The first kappa shape index (κ1) is 21.7. The summed E-state index contributed by atoms with van der Waals surface area (Å²) in [5.41, 5.74) is 10.8. The van der Waals surface area contributed by atoms with Crippen molar-refractivity contribution in [3.63, 3.8) is 0 Å². The van der Waals surface area contributed by atoms with Crippen LogP contribution in [0.4, 0.5) is 11.4 Å². The van der Waals surface area contributed by atoms with Crippen molar-refractivity contribution in [2.24, 2.45) is 11.7 Å². The average molecular weight is 436 g/mol. The van der Waals surface area contributed by atoms with E-state index in [0.29, 0.717) is 23.9 Å². The largest absolute Gasteiger partial charge is 0.497 e. The van der Waals surface area contributed by atoms with Crippen molar-refractivity contribution >= 4 is 28.1 Å². The van der Waals surface area contributed by atoms with Crippen LogP contribution in [0.3, 0.4) is 0 Å². The van der Waals surface area contributed by atoms with Crippen LogP contribution >= 0.6 is 0 Å². The maximum absolute atomic E-state index is 8.92. The monoisotopic (exact) mass is 435 g/mol. The number of aliphatic hydroxyl groups excluding tert-OH is 1. The molecule has 0 spiro atoms. The Bertz CT molecular complexity index is 1090. The van der Waals surface area contributed by atoms with E-state index in [9.17, 15) is 0 Å². The number of rotatable bonds is 10. The molecule has 1 heterocycles. The predicted octanol–water partition coefficient (Wildman–Crippen LogP) is 3.03. The van der Waals surface area contributed by atoms with Crippen molar-refractivity contribution in [2.45, 2.75) is 12.8 Å². The van der Waals surface area contributed by atoms with E-state index >= 15 is 0 Å². The number of ether oxygens (including phenoxy) is 2. The number of methoxy groups -OCH3 is 2. The van der Waals surface area contributed by atoms with E-state index in [1.807, 2.05) is 30.3 Å². The van der Waals surface area contributed by atoms with Crippen LogP contribution in [0.5, 0.6) is 11.5 Å². The van der Waals surface area contributed by atoms with E-state index in [2.05, 4.69) is 21.3 Å². The van der Waals surface area contributed by atoms with Crippen molar-refractivity contribution in [1.29, 1.82) is 0 Å². The molecule has 0 aliphatic heterocycles. The van der Waals surface area contributed by atoms with E-state index in [4.69, 9.17) is 25.3 Å². The Morgan fingerprint density at radius 3 is 2.53 bits per heavy atom. The van der Waals surface area contributed by atoms with Crippen LogP contribution in [0.1, 0.15) is 18.5 Å². The number of anilines is 2. The van der Waals surface area contributed by atoms with Crippen molar-refractivity contribution in [3.8, 4) is 11.5 Å². The Labute approximate surface area is 187 Å². The number of aromatic nitrogens is 2. The highest BCUT2D eigenvalue weighted by Crippen LogP contribution is 2.38. The van der Waals surface area contributed by atoms with Gasteiger partial charge < -0.3 is 30.5 Å². The van der Waals surface area contributed by atoms with Gasteiger partial charge in [0.1, 0.15) is 17.2 Å². The fraction of sp³-hybridized carbons (Fsp3) is 0.333. The van der Waals surface area contributed by atoms with Gasteiger partial charge in [0.25, 0.3) is 0 Å². The zero-order valence-corrected chi connectivity index (χ0v) is 18.4. The highest BCUT2D eigenvalue weighted by molar-refractivity contribution is 5.82. The van der Waals surface area contributed by atoms with E-state index < -0.39 is 0 Å². The molecule has 3 aromatic rings. The summed E-state index contributed by atoms with van der Waals surface area (Å²) >= 11 is 0. The summed E-state index contributed by atoms with van der Waals surface area (Å²) in [5, 5.41) is 11.9.